The maximum absolute atomic E-state index is 12.1. The zero-order valence-electron chi connectivity index (χ0n) is 11.0. The molecule has 0 aromatic heterocycles. The summed E-state index contributed by atoms with van der Waals surface area (Å²) in [6.07, 6.45) is 0. The van der Waals surface area contributed by atoms with Crippen LogP contribution in [0.15, 0.2) is 17.0 Å². The second-order valence-electron chi connectivity index (χ2n) is 4.08. The van der Waals surface area contributed by atoms with E-state index in [1.807, 2.05) is 6.92 Å². The number of anilines is 1. The molecule has 0 aliphatic carbocycles. The molecule has 18 heavy (non-hydrogen) atoms. The van der Waals surface area contributed by atoms with Crippen LogP contribution in [0.25, 0.3) is 0 Å². The fourth-order valence-corrected chi connectivity index (χ4v) is 3.33. The SMILES string of the molecule is CCOCCNS(=O)(=O)c1c(C)cc(N)cc1C. The van der Waals surface area contributed by atoms with Gasteiger partial charge in [0.1, 0.15) is 0 Å². The minimum atomic E-state index is -3.50. The highest BCUT2D eigenvalue weighted by Crippen LogP contribution is 2.22. The molecule has 0 saturated carbocycles. The van der Waals surface area contributed by atoms with E-state index in [1.165, 1.54) is 0 Å². The maximum Gasteiger partial charge on any atom is 0.241 e. The van der Waals surface area contributed by atoms with Crippen molar-refractivity contribution in [3.05, 3.63) is 23.3 Å². The van der Waals surface area contributed by atoms with Gasteiger partial charge in [-0.15, -0.1) is 0 Å². The lowest BCUT2D eigenvalue weighted by Crippen LogP contribution is -2.28. The first kappa shape index (κ1) is 14.9. The van der Waals surface area contributed by atoms with E-state index < -0.39 is 10.0 Å². The van der Waals surface area contributed by atoms with Gasteiger partial charge in [0, 0.05) is 18.8 Å². The van der Waals surface area contributed by atoms with E-state index in [1.54, 1.807) is 26.0 Å². The van der Waals surface area contributed by atoms with Crippen LogP contribution in [-0.2, 0) is 14.8 Å². The lowest BCUT2D eigenvalue weighted by atomic mass is 10.1. The van der Waals surface area contributed by atoms with Gasteiger partial charge >= 0.3 is 0 Å². The first-order valence-electron chi connectivity index (χ1n) is 5.82. The first-order valence-corrected chi connectivity index (χ1v) is 7.31. The van der Waals surface area contributed by atoms with Crippen molar-refractivity contribution in [1.82, 2.24) is 4.72 Å². The van der Waals surface area contributed by atoms with Gasteiger partial charge < -0.3 is 10.5 Å². The normalized spacial score (nSPS) is 11.7. The van der Waals surface area contributed by atoms with Gasteiger partial charge in [0.15, 0.2) is 0 Å². The second kappa shape index (κ2) is 6.17. The molecule has 0 bridgehead atoms. The largest absolute Gasteiger partial charge is 0.399 e. The molecule has 1 aromatic rings. The predicted octanol–water partition coefficient (Wildman–Crippen LogP) is 1.20. The molecule has 1 aromatic carbocycles. The number of hydrogen-bond acceptors (Lipinski definition) is 4. The number of nitrogens with two attached hydrogens (primary N) is 1. The molecule has 0 aliphatic rings. The summed E-state index contributed by atoms with van der Waals surface area (Å²) < 4.78 is 31.9. The van der Waals surface area contributed by atoms with E-state index in [0.29, 0.717) is 34.9 Å². The molecule has 0 unspecified atom stereocenters. The van der Waals surface area contributed by atoms with E-state index in [2.05, 4.69) is 4.72 Å². The maximum atomic E-state index is 12.1. The van der Waals surface area contributed by atoms with Gasteiger partial charge in [-0.1, -0.05) is 0 Å². The fraction of sp³-hybridized carbons (Fsp3) is 0.500. The minimum Gasteiger partial charge on any atom is -0.399 e. The van der Waals surface area contributed by atoms with Gasteiger partial charge in [0.2, 0.25) is 10.0 Å². The summed E-state index contributed by atoms with van der Waals surface area (Å²) in [7, 11) is -3.50. The van der Waals surface area contributed by atoms with Crippen LogP contribution in [0.3, 0.4) is 0 Å². The summed E-state index contributed by atoms with van der Waals surface area (Å²) in [5.74, 6) is 0. The van der Waals surface area contributed by atoms with Crippen molar-refractivity contribution in [3.8, 4) is 0 Å². The highest BCUT2D eigenvalue weighted by atomic mass is 32.2. The van der Waals surface area contributed by atoms with Crippen molar-refractivity contribution < 1.29 is 13.2 Å². The Balaban J connectivity index is 2.92. The van der Waals surface area contributed by atoms with Gasteiger partial charge in [-0.05, 0) is 44.0 Å². The summed E-state index contributed by atoms with van der Waals surface area (Å²) in [6, 6.07) is 3.31. The number of aryl methyl sites for hydroxylation is 2. The molecule has 0 spiro atoms. The minimum absolute atomic E-state index is 0.263. The van der Waals surface area contributed by atoms with E-state index in [9.17, 15) is 8.42 Å². The third-order valence-electron chi connectivity index (χ3n) is 2.49. The van der Waals surface area contributed by atoms with Crippen LogP contribution in [0.2, 0.25) is 0 Å². The molecule has 0 saturated heterocycles. The number of ether oxygens (including phenoxy) is 1. The summed E-state index contributed by atoms with van der Waals surface area (Å²) in [4.78, 5) is 0.299. The number of benzene rings is 1. The molecule has 0 heterocycles. The Labute approximate surface area is 108 Å². The molecule has 0 atom stereocenters. The van der Waals surface area contributed by atoms with Crippen molar-refractivity contribution in [2.24, 2.45) is 0 Å². The molecule has 0 fully saturated rings. The lowest BCUT2D eigenvalue weighted by Gasteiger charge is -2.12. The van der Waals surface area contributed by atoms with Crippen molar-refractivity contribution >= 4 is 15.7 Å². The molecule has 0 aliphatic heterocycles. The van der Waals surface area contributed by atoms with E-state index in [-0.39, 0.29) is 6.54 Å². The van der Waals surface area contributed by atoms with Gasteiger partial charge in [-0.3, -0.25) is 0 Å². The third kappa shape index (κ3) is 3.69. The smallest absolute Gasteiger partial charge is 0.241 e. The van der Waals surface area contributed by atoms with E-state index in [4.69, 9.17) is 10.5 Å². The average molecular weight is 272 g/mol. The van der Waals surface area contributed by atoms with Crippen molar-refractivity contribution in [3.63, 3.8) is 0 Å². The zero-order valence-corrected chi connectivity index (χ0v) is 11.8. The quantitative estimate of drug-likeness (QED) is 0.602. The molecule has 1 rings (SSSR count). The Morgan fingerprint density at radius 1 is 1.28 bits per heavy atom. The highest BCUT2D eigenvalue weighted by molar-refractivity contribution is 7.89. The zero-order chi connectivity index (χ0) is 13.8. The predicted molar refractivity (Wildman–Crippen MR) is 72.0 cm³/mol. The monoisotopic (exact) mass is 272 g/mol. The second-order valence-corrected chi connectivity index (χ2v) is 5.78. The molecule has 6 heteroatoms. The standard InChI is InChI=1S/C12H20N2O3S/c1-4-17-6-5-14-18(15,16)12-9(2)7-11(13)8-10(12)3/h7-8,14H,4-6,13H2,1-3H3. The average Bonchev–Trinajstić information content (AvgIpc) is 2.22. The van der Waals surface area contributed by atoms with Gasteiger partial charge in [0.05, 0.1) is 11.5 Å². The lowest BCUT2D eigenvalue weighted by molar-refractivity contribution is 0.153. The van der Waals surface area contributed by atoms with E-state index >= 15 is 0 Å². The highest BCUT2D eigenvalue weighted by Gasteiger charge is 2.19. The topological polar surface area (TPSA) is 81.4 Å². The summed E-state index contributed by atoms with van der Waals surface area (Å²) >= 11 is 0. The van der Waals surface area contributed by atoms with Crippen LogP contribution in [-0.4, -0.2) is 28.2 Å². The molecular weight excluding hydrogens is 252 g/mol. The van der Waals surface area contributed by atoms with Crippen molar-refractivity contribution in [2.45, 2.75) is 25.7 Å². The van der Waals surface area contributed by atoms with Crippen LogP contribution in [0.5, 0.6) is 0 Å². The Morgan fingerprint density at radius 2 is 1.83 bits per heavy atom. The Hall–Kier alpha value is -1.11. The number of nitrogen functional groups attached to an aromatic ring is 1. The molecule has 0 amide bonds. The fourth-order valence-electron chi connectivity index (χ4n) is 1.87. The number of rotatable bonds is 6. The number of sulfonamides is 1. The number of hydrogen-bond donors (Lipinski definition) is 2. The Morgan fingerprint density at radius 3 is 2.33 bits per heavy atom. The Kier molecular flexibility index (Phi) is 5.13. The van der Waals surface area contributed by atoms with Gasteiger partial charge in [-0.2, -0.15) is 0 Å². The molecule has 3 N–H and O–H groups in total. The van der Waals surface area contributed by atoms with E-state index in [0.717, 1.165) is 0 Å². The van der Waals surface area contributed by atoms with Crippen LogP contribution >= 0.6 is 0 Å². The molecule has 5 nitrogen and oxygen atoms in total. The summed E-state index contributed by atoms with van der Waals surface area (Å²) in [5.41, 5.74) is 7.54. The van der Waals surface area contributed by atoms with Crippen molar-refractivity contribution in [2.75, 3.05) is 25.5 Å². The summed E-state index contributed by atoms with van der Waals surface area (Å²) in [6.45, 7) is 6.54. The molecule has 102 valence electrons. The van der Waals surface area contributed by atoms with Gasteiger partial charge in [0.25, 0.3) is 0 Å². The van der Waals surface area contributed by atoms with Crippen LogP contribution in [0.4, 0.5) is 5.69 Å². The van der Waals surface area contributed by atoms with Gasteiger partial charge in [-0.25, -0.2) is 13.1 Å². The van der Waals surface area contributed by atoms with Crippen LogP contribution in [0.1, 0.15) is 18.1 Å². The van der Waals surface area contributed by atoms with Crippen molar-refractivity contribution in [1.29, 1.82) is 0 Å². The number of nitrogens with one attached hydrogen (secondary N) is 1. The van der Waals surface area contributed by atoms with Crippen LogP contribution in [0, 0.1) is 13.8 Å². The molecule has 0 radical (unpaired) electrons. The summed E-state index contributed by atoms with van der Waals surface area (Å²) in [5, 5.41) is 0. The first-order chi connectivity index (χ1) is 8.38. The van der Waals surface area contributed by atoms with Crippen LogP contribution < -0.4 is 10.5 Å². The molecular formula is C12H20N2O3S. The third-order valence-corrected chi connectivity index (χ3v) is 4.26. The Bertz CT molecular complexity index is 489.